The van der Waals surface area contributed by atoms with Gasteiger partial charge in [0, 0.05) is 12.2 Å². The first-order valence-electron chi connectivity index (χ1n) is 5.03. The molecule has 1 heterocycles. The molecule has 1 amide bonds. The maximum absolute atomic E-state index is 11.7. The monoisotopic (exact) mass is 206 g/mol. The van der Waals surface area contributed by atoms with E-state index in [9.17, 15) is 9.90 Å². The molecule has 15 heavy (non-hydrogen) atoms. The number of β-amino-alcohol motifs (C(OH)–C–C–N with tert-alkyl or cyclic N) is 1. The molecule has 1 aromatic rings. The van der Waals surface area contributed by atoms with Gasteiger partial charge in [-0.3, -0.25) is 4.79 Å². The maximum atomic E-state index is 11.7. The molecule has 4 heteroatoms. The van der Waals surface area contributed by atoms with E-state index in [1.807, 2.05) is 30.3 Å². The molecule has 0 unspecified atom stereocenters. The highest BCUT2D eigenvalue weighted by Crippen LogP contribution is 2.10. The second-order valence-electron chi connectivity index (χ2n) is 3.71. The van der Waals surface area contributed by atoms with Crippen molar-refractivity contribution in [2.45, 2.75) is 18.6 Å². The summed E-state index contributed by atoms with van der Waals surface area (Å²) >= 11 is 0. The number of anilines is 1. The summed E-state index contributed by atoms with van der Waals surface area (Å²) in [7, 11) is 0. The summed E-state index contributed by atoms with van der Waals surface area (Å²) < 4.78 is 0. The average molecular weight is 206 g/mol. The van der Waals surface area contributed by atoms with E-state index in [-0.39, 0.29) is 11.9 Å². The molecule has 1 saturated heterocycles. The van der Waals surface area contributed by atoms with E-state index in [0.29, 0.717) is 13.0 Å². The Bertz CT molecular complexity index is 340. The van der Waals surface area contributed by atoms with Gasteiger partial charge in [0.25, 0.3) is 0 Å². The lowest BCUT2D eigenvalue weighted by Gasteiger charge is -2.10. The van der Waals surface area contributed by atoms with Crippen molar-refractivity contribution in [1.82, 2.24) is 5.32 Å². The Kier molecular flexibility index (Phi) is 2.99. The molecule has 2 atom stereocenters. The van der Waals surface area contributed by atoms with Gasteiger partial charge >= 0.3 is 0 Å². The van der Waals surface area contributed by atoms with Crippen LogP contribution in [0, 0.1) is 0 Å². The van der Waals surface area contributed by atoms with Gasteiger partial charge in [0.05, 0.1) is 12.1 Å². The van der Waals surface area contributed by atoms with E-state index in [0.717, 1.165) is 5.69 Å². The lowest BCUT2D eigenvalue weighted by atomic mass is 10.2. The van der Waals surface area contributed by atoms with Crippen LogP contribution in [0.4, 0.5) is 5.69 Å². The SMILES string of the molecule is O=C(Nc1ccccc1)[C@H]1C[C@H](O)CN1. The Labute approximate surface area is 88.3 Å². The first-order valence-corrected chi connectivity index (χ1v) is 5.03. The zero-order valence-electron chi connectivity index (χ0n) is 8.31. The Balaban J connectivity index is 1.93. The molecule has 1 aromatic carbocycles. The highest BCUT2D eigenvalue weighted by atomic mass is 16.3. The van der Waals surface area contributed by atoms with E-state index < -0.39 is 6.10 Å². The van der Waals surface area contributed by atoms with Gasteiger partial charge in [-0.25, -0.2) is 0 Å². The Hall–Kier alpha value is -1.39. The van der Waals surface area contributed by atoms with Crippen molar-refractivity contribution in [2.75, 3.05) is 11.9 Å². The van der Waals surface area contributed by atoms with Crippen LogP contribution >= 0.6 is 0 Å². The molecule has 1 aliphatic heterocycles. The smallest absolute Gasteiger partial charge is 0.241 e. The zero-order chi connectivity index (χ0) is 10.7. The summed E-state index contributed by atoms with van der Waals surface area (Å²) in [5, 5.41) is 15.0. The number of nitrogens with one attached hydrogen (secondary N) is 2. The predicted octanol–water partition coefficient (Wildman–Crippen LogP) is 0.348. The molecule has 0 aromatic heterocycles. The molecule has 0 bridgehead atoms. The fourth-order valence-corrected chi connectivity index (χ4v) is 1.67. The van der Waals surface area contributed by atoms with Crippen LogP contribution in [-0.2, 0) is 4.79 Å². The molecule has 1 aliphatic rings. The van der Waals surface area contributed by atoms with E-state index in [4.69, 9.17) is 0 Å². The van der Waals surface area contributed by atoms with Crippen LogP contribution in [0.15, 0.2) is 30.3 Å². The number of carbonyl (C=O) groups is 1. The van der Waals surface area contributed by atoms with Crippen molar-refractivity contribution in [1.29, 1.82) is 0 Å². The number of carbonyl (C=O) groups excluding carboxylic acids is 1. The van der Waals surface area contributed by atoms with Crippen molar-refractivity contribution >= 4 is 11.6 Å². The molecule has 80 valence electrons. The lowest BCUT2D eigenvalue weighted by Crippen LogP contribution is -2.35. The van der Waals surface area contributed by atoms with E-state index in [2.05, 4.69) is 10.6 Å². The molecule has 0 aliphatic carbocycles. The number of amides is 1. The first-order chi connectivity index (χ1) is 7.25. The number of benzene rings is 1. The molecule has 0 spiro atoms. The Morgan fingerprint density at radius 3 is 2.73 bits per heavy atom. The number of para-hydroxylation sites is 1. The summed E-state index contributed by atoms with van der Waals surface area (Å²) in [5.41, 5.74) is 0.783. The minimum Gasteiger partial charge on any atom is -0.392 e. The molecular formula is C11H14N2O2. The Morgan fingerprint density at radius 1 is 1.40 bits per heavy atom. The zero-order valence-corrected chi connectivity index (χ0v) is 8.31. The highest BCUT2D eigenvalue weighted by molar-refractivity contribution is 5.95. The molecule has 4 nitrogen and oxygen atoms in total. The highest BCUT2D eigenvalue weighted by Gasteiger charge is 2.27. The van der Waals surface area contributed by atoms with Gasteiger partial charge in [0.15, 0.2) is 0 Å². The van der Waals surface area contributed by atoms with Crippen molar-refractivity contribution < 1.29 is 9.90 Å². The van der Waals surface area contributed by atoms with Crippen molar-refractivity contribution in [3.05, 3.63) is 30.3 Å². The first kappa shape index (κ1) is 10.1. The predicted molar refractivity (Wildman–Crippen MR) is 57.5 cm³/mol. The number of aliphatic hydroxyl groups excluding tert-OH is 1. The molecule has 3 N–H and O–H groups in total. The van der Waals surface area contributed by atoms with Gasteiger partial charge in [-0.2, -0.15) is 0 Å². The van der Waals surface area contributed by atoms with Gasteiger partial charge in [0.2, 0.25) is 5.91 Å². The van der Waals surface area contributed by atoms with Gasteiger partial charge in [-0.15, -0.1) is 0 Å². The van der Waals surface area contributed by atoms with Gasteiger partial charge < -0.3 is 15.7 Å². The third kappa shape index (κ3) is 2.55. The molecular weight excluding hydrogens is 192 g/mol. The average Bonchev–Trinajstić information content (AvgIpc) is 2.66. The topological polar surface area (TPSA) is 61.4 Å². The molecule has 0 saturated carbocycles. The number of hydrogen-bond acceptors (Lipinski definition) is 3. The van der Waals surface area contributed by atoms with Gasteiger partial charge in [-0.05, 0) is 18.6 Å². The minimum absolute atomic E-state index is 0.0854. The van der Waals surface area contributed by atoms with E-state index >= 15 is 0 Å². The lowest BCUT2D eigenvalue weighted by molar-refractivity contribution is -0.117. The molecule has 0 radical (unpaired) electrons. The van der Waals surface area contributed by atoms with Crippen LogP contribution in [0.1, 0.15) is 6.42 Å². The maximum Gasteiger partial charge on any atom is 0.241 e. The number of rotatable bonds is 2. The van der Waals surface area contributed by atoms with Crippen molar-refractivity contribution in [3.63, 3.8) is 0 Å². The Morgan fingerprint density at radius 2 is 2.13 bits per heavy atom. The standard InChI is InChI=1S/C11H14N2O2/c14-9-6-10(12-7-9)11(15)13-8-4-2-1-3-5-8/h1-5,9-10,12,14H,6-7H2,(H,13,15)/t9-,10+/m0/s1. The van der Waals surface area contributed by atoms with E-state index in [1.54, 1.807) is 0 Å². The van der Waals surface area contributed by atoms with Crippen LogP contribution in [0.3, 0.4) is 0 Å². The minimum atomic E-state index is -0.406. The van der Waals surface area contributed by atoms with Crippen LogP contribution in [0.2, 0.25) is 0 Å². The quantitative estimate of drug-likeness (QED) is 0.654. The fraction of sp³-hybridized carbons (Fsp3) is 0.364. The summed E-state index contributed by atoms with van der Waals surface area (Å²) in [6, 6.07) is 9.03. The third-order valence-corrected chi connectivity index (χ3v) is 2.47. The fourth-order valence-electron chi connectivity index (χ4n) is 1.67. The third-order valence-electron chi connectivity index (χ3n) is 2.47. The van der Waals surface area contributed by atoms with Crippen LogP contribution < -0.4 is 10.6 Å². The van der Waals surface area contributed by atoms with Crippen LogP contribution in [-0.4, -0.2) is 29.7 Å². The summed E-state index contributed by atoms with van der Waals surface area (Å²) in [6.45, 7) is 0.493. The van der Waals surface area contributed by atoms with Gasteiger partial charge in [0.1, 0.15) is 0 Å². The summed E-state index contributed by atoms with van der Waals surface area (Å²) in [5.74, 6) is -0.0854. The van der Waals surface area contributed by atoms with Crippen LogP contribution in [0.25, 0.3) is 0 Å². The largest absolute Gasteiger partial charge is 0.392 e. The number of hydrogen-bond donors (Lipinski definition) is 3. The second-order valence-corrected chi connectivity index (χ2v) is 3.71. The summed E-state index contributed by atoms with van der Waals surface area (Å²) in [4.78, 5) is 11.7. The van der Waals surface area contributed by atoms with Crippen LogP contribution in [0.5, 0.6) is 0 Å². The molecule has 2 rings (SSSR count). The number of aliphatic hydroxyl groups is 1. The molecule has 1 fully saturated rings. The normalized spacial score (nSPS) is 25.1. The second kappa shape index (κ2) is 4.42. The van der Waals surface area contributed by atoms with E-state index in [1.165, 1.54) is 0 Å². The van der Waals surface area contributed by atoms with Crippen molar-refractivity contribution in [2.24, 2.45) is 0 Å². The van der Waals surface area contributed by atoms with Gasteiger partial charge in [-0.1, -0.05) is 18.2 Å². The van der Waals surface area contributed by atoms with Crippen molar-refractivity contribution in [3.8, 4) is 0 Å². The summed E-state index contributed by atoms with van der Waals surface area (Å²) in [6.07, 6.45) is 0.0788.